The first-order valence-corrected chi connectivity index (χ1v) is 9.71. The van der Waals surface area contributed by atoms with Crippen LogP contribution in [-0.4, -0.2) is 31.6 Å². The number of thioether (sulfide) groups is 1. The topological polar surface area (TPSA) is 59.9 Å². The summed E-state index contributed by atoms with van der Waals surface area (Å²) in [4.78, 5) is 11.9. The Balaban J connectivity index is 1.79. The lowest BCUT2D eigenvalue weighted by atomic mass is 10.2. The van der Waals surface area contributed by atoms with Crippen molar-refractivity contribution in [1.82, 2.24) is 5.43 Å². The van der Waals surface area contributed by atoms with Crippen LogP contribution in [0.2, 0.25) is 5.02 Å². The third kappa shape index (κ3) is 7.37. The molecule has 27 heavy (non-hydrogen) atoms. The minimum absolute atomic E-state index is 0.164. The molecule has 2 aromatic rings. The van der Waals surface area contributed by atoms with Crippen molar-refractivity contribution in [2.75, 3.05) is 19.5 Å². The standard InChI is InChI=1S/C20H21ClN2O3S/c1-3-10-26-18-9-6-16(11-19(18)25-2)12-22-23-20(24)14-27-13-15-4-7-17(21)8-5-15/h3-9,11-12H,1,10,13-14H2,2H3,(H,23,24)/b22-12-. The van der Waals surface area contributed by atoms with Gasteiger partial charge in [0.25, 0.3) is 0 Å². The van der Waals surface area contributed by atoms with Crippen molar-refractivity contribution in [3.8, 4) is 11.5 Å². The summed E-state index contributed by atoms with van der Waals surface area (Å²) in [7, 11) is 1.57. The molecule has 2 rings (SSSR count). The highest BCUT2D eigenvalue weighted by Gasteiger charge is 2.05. The van der Waals surface area contributed by atoms with E-state index >= 15 is 0 Å². The first-order valence-electron chi connectivity index (χ1n) is 8.18. The van der Waals surface area contributed by atoms with Gasteiger partial charge in [0.2, 0.25) is 5.91 Å². The molecule has 0 radical (unpaired) electrons. The number of rotatable bonds is 10. The zero-order chi connectivity index (χ0) is 19.5. The quantitative estimate of drug-likeness (QED) is 0.364. The molecule has 0 heterocycles. The first kappa shape index (κ1) is 20.9. The van der Waals surface area contributed by atoms with Crippen LogP contribution in [0.15, 0.2) is 60.2 Å². The molecular formula is C20H21ClN2O3S. The van der Waals surface area contributed by atoms with Gasteiger partial charge in [-0.25, -0.2) is 5.43 Å². The van der Waals surface area contributed by atoms with E-state index < -0.39 is 0 Å². The Morgan fingerprint density at radius 1 is 1.26 bits per heavy atom. The molecule has 1 amide bonds. The predicted molar refractivity (Wildman–Crippen MR) is 112 cm³/mol. The number of methoxy groups -OCH3 is 1. The van der Waals surface area contributed by atoms with Gasteiger partial charge in [0.05, 0.1) is 19.1 Å². The fourth-order valence-electron chi connectivity index (χ4n) is 2.09. The predicted octanol–water partition coefficient (Wildman–Crippen LogP) is 4.30. The van der Waals surface area contributed by atoms with Gasteiger partial charge in [-0.1, -0.05) is 36.4 Å². The highest BCUT2D eigenvalue weighted by molar-refractivity contribution is 7.99. The molecule has 0 spiro atoms. The van der Waals surface area contributed by atoms with E-state index in [1.54, 1.807) is 31.5 Å². The van der Waals surface area contributed by atoms with Crippen molar-refractivity contribution in [3.63, 3.8) is 0 Å². The number of hydrogen-bond acceptors (Lipinski definition) is 5. The Bertz CT molecular complexity index is 794. The summed E-state index contributed by atoms with van der Waals surface area (Å²) < 4.78 is 10.8. The van der Waals surface area contributed by atoms with Crippen molar-refractivity contribution in [3.05, 3.63) is 71.3 Å². The van der Waals surface area contributed by atoms with E-state index in [-0.39, 0.29) is 5.91 Å². The summed E-state index contributed by atoms with van der Waals surface area (Å²) in [5.74, 6) is 2.10. The van der Waals surface area contributed by atoms with Gasteiger partial charge in [-0.2, -0.15) is 5.10 Å². The van der Waals surface area contributed by atoms with Crippen LogP contribution in [0.4, 0.5) is 0 Å². The molecule has 0 fully saturated rings. The SMILES string of the molecule is C=CCOc1ccc(/C=N\NC(=O)CSCc2ccc(Cl)cc2)cc1OC. The number of halogens is 1. The number of ether oxygens (including phenoxy) is 2. The smallest absolute Gasteiger partial charge is 0.250 e. The number of carbonyl (C=O) groups is 1. The van der Waals surface area contributed by atoms with Crippen molar-refractivity contribution < 1.29 is 14.3 Å². The molecule has 0 aliphatic rings. The lowest BCUT2D eigenvalue weighted by Gasteiger charge is -2.09. The molecule has 0 saturated heterocycles. The molecule has 7 heteroatoms. The normalized spacial score (nSPS) is 10.6. The second-order valence-corrected chi connectivity index (χ2v) is 6.84. The third-order valence-electron chi connectivity index (χ3n) is 3.36. The molecule has 0 aromatic heterocycles. The van der Waals surface area contributed by atoms with Crippen LogP contribution in [0, 0.1) is 0 Å². The second-order valence-electron chi connectivity index (χ2n) is 5.42. The Morgan fingerprint density at radius 3 is 2.74 bits per heavy atom. The fraction of sp³-hybridized carbons (Fsp3) is 0.200. The van der Waals surface area contributed by atoms with Gasteiger partial charge >= 0.3 is 0 Å². The number of amides is 1. The summed E-state index contributed by atoms with van der Waals surface area (Å²) in [5.41, 5.74) is 4.42. The zero-order valence-corrected chi connectivity index (χ0v) is 16.6. The Kier molecular flexibility index (Phi) is 8.74. The van der Waals surface area contributed by atoms with Crippen LogP contribution >= 0.6 is 23.4 Å². The molecule has 0 atom stereocenters. The summed E-state index contributed by atoms with van der Waals surface area (Å²) in [6.45, 7) is 4.01. The van der Waals surface area contributed by atoms with Gasteiger partial charge in [0, 0.05) is 10.8 Å². The van der Waals surface area contributed by atoms with E-state index in [1.165, 1.54) is 11.8 Å². The van der Waals surface area contributed by atoms with Gasteiger partial charge in [0.15, 0.2) is 11.5 Å². The van der Waals surface area contributed by atoms with E-state index in [0.29, 0.717) is 28.9 Å². The molecule has 142 valence electrons. The van der Waals surface area contributed by atoms with Gasteiger partial charge in [-0.05, 0) is 41.5 Å². The summed E-state index contributed by atoms with van der Waals surface area (Å²) in [6.07, 6.45) is 3.22. The molecule has 0 saturated carbocycles. The highest BCUT2D eigenvalue weighted by atomic mass is 35.5. The van der Waals surface area contributed by atoms with E-state index in [4.69, 9.17) is 21.1 Å². The second kappa shape index (κ2) is 11.3. The van der Waals surface area contributed by atoms with Gasteiger partial charge < -0.3 is 9.47 Å². The van der Waals surface area contributed by atoms with Crippen LogP contribution in [0.1, 0.15) is 11.1 Å². The average molecular weight is 405 g/mol. The Labute approximate surface area is 168 Å². The lowest BCUT2D eigenvalue weighted by Crippen LogP contribution is -2.19. The summed E-state index contributed by atoms with van der Waals surface area (Å²) >= 11 is 7.36. The largest absolute Gasteiger partial charge is 0.493 e. The van der Waals surface area contributed by atoms with E-state index in [1.807, 2.05) is 30.3 Å². The molecule has 2 aromatic carbocycles. The molecule has 5 nitrogen and oxygen atoms in total. The van der Waals surface area contributed by atoms with Crippen molar-refractivity contribution in [1.29, 1.82) is 0 Å². The van der Waals surface area contributed by atoms with Crippen molar-refractivity contribution in [2.24, 2.45) is 5.10 Å². The van der Waals surface area contributed by atoms with Gasteiger partial charge in [0.1, 0.15) is 6.61 Å². The molecule has 0 unspecified atom stereocenters. The van der Waals surface area contributed by atoms with Crippen molar-refractivity contribution in [2.45, 2.75) is 5.75 Å². The number of hydrogen-bond donors (Lipinski definition) is 1. The minimum atomic E-state index is -0.164. The lowest BCUT2D eigenvalue weighted by molar-refractivity contribution is -0.118. The van der Waals surface area contributed by atoms with Gasteiger partial charge in [-0.3, -0.25) is 4.79 Å². The fourth-order valence-corrected chi connectivity index (χ4v) is 2.99. The first-order chi connectivity index (χ1) is 13.1. The monoisotopic (exact) mass is 404 g/mol. The average Bonchev–Trinajstić information content (AvgIpc) is 2.68. The van der Waals surface area contributed by atoms with E-state index in [0.717, 1.165) is 16.9 Å². The minimum Gasteiger partial charge on any atom is -0.493 e. The number of nitrogens with one attached hydrogen (secondary N) is 1. The van der Waals surface area contributed by atoms with Crippen LogP contribution in [0.3, 0.4) is 0 Å². The van der Waals surface area contributed by atoms with Crippen molar-refractivity contribution >= 4 is 35.5 Å². The van der Waals surface area contributed by atoms with Crippen LogP contribution in [0.25, 0.3) is 0 Å². The van der Waals surface area contributed by atoms with E-state index in [9.17, 15) is 4.79 Å². The summed E-state index contributed by atoms with van der Waals surface area (Å²) in [5, 5.41) is 4.68. The number of benzene rings is 2. The van der Waals surface area contributed by atoms with Crippen LogP contribution in [0.5, 0.6) is 11.5 Å². The zero-order valence-electron chi connectivity index (χ0n) is 15.0. The molecule has 0 bridgehead atoms. The molecule has 0 aliphatic carbocycles. The molecular weight excluding hydrogens is 384 g/mol. The van der Waals surface area contributed by atoms with Gasteiger partial charge in [-0.15, -0.1) is 11.8 Å². The Morgan fingerprint density at radius 2 is 2.04 bits per heavy atom. The van der Waals surface area contributed by atoms with E-state index in [2.05, 4.69) is 17.1 Å². The Hall–Kier alpha value is -2.44. The summed E-state index contributed by atoms with van der Waals surface area (Å²) in [6, 6.07) is 13.0. The highest BCUT2D eigenvalue weighted by Crippen LogP contribution is 2.27. The maximum Gasteiger partial charge on any atom is 0.250 e. The third-order valence-corrected chi connectivity index (χ3v) is 4.62. The maximum absolute atomic E-state index is 11.9. The number of carbonyl (C=O) groups excluding carboxylic acids is 1. The maximum atomic E-state index is 11.9. The number of nitrogens with zero attached hydrogens (tertiary/aromatic N) is 1. The van der Waals surface area contributed by atoms with Crippen LogP contribution < -0.4 is 14.9 Å². The number of hydrazone groups is 1. The molecule has 1 N–H and O–H groups in total. The van der Waals surface area contributed by atoms with Crippen LogP contribution in [-0.2, 0) is 10.5 Å². The molecule has 0 aliphatic heterocycles.